The summed E-state index contributed by atoms with van der Waals surface area (Å²) >= 11 is 3.38. The Morgan fingerprint density at radius 1 is 1.42 bits per heavy atom. The highest BCUT2D eigenvalue weighted by atomic mass is 79.9. The number of halogens is 2. The van der Waals surface area contributed by atoms with E-state index in [-0.39, 0.29) is 5.82 Å². The second kappa shape index (κ2) is 6.85. The fourth-order valence-corrected chi connectivity index (χ4v) is 3.78. The van der Waals surface area contributed by atoms with Crippen LogP contribution in [0.5, 0.6) is 0 Å². The molecule has 1 saturated carbocycles. The monoisotopic (exact) mass is 327 g/mol. The molecule has 3 atom stereocenters. The van der Waals surface area contributed by atoms with Crippen LogP contribution in [0.15, 0.2) is 22.7 Å². The molecule has 3 heteroatoms. The number of benzene rings is 1. The van der Waals surface area contributed by atoms with Gasteiger partial charge in [-0.3, -0.25) is 0 Å². The van der Waals surface area contributed by atoms with Crippen molar-refractivity contribution in [3.05, 3.63) is 34.1 Å². The maximum absolute atomic E-state index is 13.6. The van der Waals surface area contributed by atoms with Gasteiger partial charge in [-0.25, -0.2) is 4.39 Å². The standard InChI is InChI=1S/C16H23BrFN/c1-3-19-15(13-8-4-6-11(13)2)10-12-7-5-9-14(18)16(12)17/h5,7,9,11,13,15,19H,3-4,6,8,10H2,1-2H3. The summed E-state index contributed by atoms with van der Waals surface area (Å²) in [6, 6.07) is 5.79. The van der Waals surface area contributed by atoms with Gasteiger partial charge in [-0.15, -0.1) is 0 Å². The number of likely N-dealkylation sites (N-methyl/N-ethyl adjacent to an activating group) is 1. The molecule has 0 saturated heterocycles. The van der Waals surface area contributed by atoms with Gasteiger partial charge in [-0.2, -0.15) is 0 Å². The third-order valence-corrected chi connectivity index (χ3v) is 5.27. The molecule has 3 unspecified atom stereocenters. The van der Waals surface area contributed by atoms with E-state index in [0.717, 1.165) is 30.4 Å². The van der Waals surface area contributed by atoms with Crippen molar-refractivity contribution in [2.45, 2.75) is 45.6 Å². The summed E-state index contributed by atoms with van der Waals surface area (Å²) in [6.45, 7) is 5.47. The van der Waals surface area contributed by atoms with E-state index in [2.05, 4.69) is 35.1 Å². The molecule has 19 heavy (non-hydrogen) atoms. The van der Waals surface area contributed by atoms with E-state index in [1.807, 2.05) is 6.07 Å². The lowest BCUT2D eigenvalue weighted by Gasteiger charge is -2.28. The molecule has 1 N–H and O–H groups in total. The molecule has 1 fully saturated rings. The molecule has 2 rings (SSSR count). The molecule has 0 aliphatic heterocycles. The molecule has 1 aliphatic carbocycles. The molecule has 0 amide bonds. The first kappa shape index (κ1) is 15.0. The van der Waals surface area contributed by atoms with Crippen molar-refractivity contribution >= 4 is 15.9 Å². The Labute approximate surface area is 124 Å². The predicted molar refractivity (Wildman–Crippen MR) is 81.8 cm³/mol. The smallest absolute Gasteiger partial charge is 0.137 e. The van der Waals surface area contributed by atoms with Crippen LogP contribution in [-0.2, 0) is 6.42 Å². The average Bonchev–Trinajstić information content (AvgIpc) is 2.80. The van der Waals surface area contributed by atoms with Crippen LogP contribution >= 0.6 is 15.9 Å². The van der Waals surface area contributed by atoms with Gasteiger partial charge in [-0.05, 0) is 58.8 Å². The molecule has 0 radical (unpaired) electrons. The molecule has 0 aromatic heterocycles. The summed E-state index contributed by atoms with van der Waals surface area (Å²) in [4.78, 5) is 0. The zero-order valence-corrected chi connectivity index (χ0v) is 13.3. The molecule has 106 valence electrons. The maximum atomic E-state index is 13.6. The van der Waals surface area contributed by atoms with Gasteiger partial charge in [0.1, 0.15) is 5.82 Å². The zero-order valence-electron chi connectivity index (χ0n) is 11.8. The van der Waals surface area contributed by atoms with Crippen LogP contribution in [0.3, 0.4) is 0 Å². The molecule has 0 heterocycles. The van der Waals surface area contributed by atoms with Crippen LogP contribution in [0.2, 0.25) is 0 Å². The molecular formula is C16H23BrFN. The second-order valence-electron chi connectivity index (χ2n) is 5.65. The van der Waals surface area contributed by atoms with Crippen molar-refractivity contribution in [3.8, 4) is 0 Å². The quantitative estimate of drug-likeness (QED) is 0.836. The minimum absolute atomic E-state index is 0.160. The van der Waals surface area contributed by atoms with Crippen molar-refractivity contribution in [3.63, 3.8) is 0 Å². The Balaban J connectivity index is 2.14. The topological polar surface area (TPSA) is 12.0 Å². The normalized spacial score (nSPS) is 24.6. The molecular weight excluding hydrogens is 305 g/mol. The van der Waals surface area contributed by atoms with E-state index < -0.39 is 0 Å². The second-order valence-corrected chi connectivity index (χ2v) is 6.45. The lowest BCUT2D eigenvalue weighted by Crippen LogP contribution is -2.39. The number of hydrogen-bond donors (Lipinski definition) is 1. The average molecular weight is 328 g/mol. The molecule has 1 aromatic rings. The van der Waals surface area contributed by atoms with E-state index in [0.29, 0.717) is 10.5 Å². The lowest BCUT2D eigenvalue weighted by atomic mass is 9.86. The van der Waals surface area contributed by atoms with Crippen molar-refractivity contribution in [1.29, 1.82) is 0 Å². The van der Waals surface area contributed by atoms with Gasteiger partial charge in [-0.1, -0.05) is 38.8 Å². The fraction of sp³-hybridized carbons (Fsp3) is 0.625. The van der Waals surface area contributed by atoms with Crippen molar-refractivity contribution in [2.24, 2.45) is 11.8 Å². The van der Waals surface area contributed by atoms with E-state index in [4.69, 9.17) is 0 Å². The van der Waals surface area contributed by atoms with Gasteiger partial charge in [0, 0.05) is 6.04 Å². The minimum Gasteiger partial charge on any atom is -0.314 e. The summed E-state index contributed by atoms with van der Waals surface area (Å²) in [5.41, 5.74) is 1.07. The Kier molecular flexibility index (Phi) is 5.40. The maximum Gasteiger partial charge on any atom is 0.137 e. The summed E-state index contributed by atoms with van der Waals surface area (Å²) in [5, 5.41) is 3.61. The van der Waals surface area contributed by atoms with Crippen molar-refractivity contribution in [2.75, 3.05) is 6.54 Å². The van der Waals surface area contributed by atoms with Gasteiger partial charge >= 0.3 is 0 Å². The Hall–Kier alpha value is -0.410. The minimum atomic E-state index is -0.160. The van der Waals surface area contributed by atoms with Crippen LogP contribution in [0.25, 0.3) is 0 Å². The molecule has 1 aromatic carbocycles. The first-order valence-corrected chi connectivity index (χ1v) is 8.09. The van der Waals surface area contributed by atoms with Crippen LogP contribution < -0.4 is 5.32 Å². The highest BCUT2D eigenvalue weighted by Crippen LogP contribution is 2.35. The molecule has 1 aliphatic rings. The van der Waals surface area contributed by atoms with Crippen molar-refractivity contribution in [1.82, 2.24) is 5.32 Å². The van der Waals surface area contributed by atoms with Crippen LogP contribution in [0, 0.1) is 17.7 Å². The van der Waals surface area contributed by atoms with Gasteiger partial charge in [0.15, 0.2) is 0 Å². The molecule has 0 spiro atoms. The largest absolute Gasteiger partial charge is 0.314 e. The Morgan fingerprint density at radius 3 is 2.84 bits per heavy atom. The molecule has 1 nitrogen and oxygen atoms in total. The van der Waals surface area contributed by atoms with Crippen LogP contribution in [-0.4, -0.2) is 12.6 Å². The lowest BCUT2D eigenvalue weighted by molar-refractivity contribution is 0.298. The number of nitrogens with one attached hydrogen (secondary N) is 1. The van der Waals surface area contributed by atoms with Crippen molar-refractivity contribution < 1.29 is 4.39 Å². The summed E-state index contributed by atoms with van der Waals surface area (Å²) in [7, 11) is 0. The van der Waals surface area contributed by atoms with E-state index >= 15 is 0 Å². The first-order chi connectivity index (χ1) is 9.13. The summed E-state index contributed by atoms with van der Waals surface area (Å²) in [5.74, 6) is 1.33. The van der Waals surface area contributed by atoms with Gasteiger partial charge in [0.2, 0.25) is 0 Å². The van der Waals surface area contributed by atoms with E-state index in [9.17, 15) is 4.39 Å². The Bertz CT molecular complexity index is 421. The first-order valence-electron chi connectivity index (χ1n) is 7.29. The third-order valence-electron chi connectivity index (χ3n) is 4.38. The SMILES string of the molecule is CCNC(Cc1cccc(F)c1Br)C1CCCC1C. The summed E-state index contributed by atoms with van der Waals surface area (Å²) in [6.07, 6.45) is 4.86. The van der Waals surface area contributed by atoms with E-state index in [1.54, 1.807) is 6.07 Å². The highest BCUT2D eigenvalue weighted by molar-refractivity contribution is 9.10. The Morgan fingerprint density at radius 2 is 2.21 bits per heavy atom. The number of hydrogen-bond acceptors (Lipinski definition) is 1. The predicted octanol–water partition coefficient (Wildman–Crippen LogP) is 4.55. The molecule has 0 bridgehead atoms. The van der Waals surface area contributed by atoms with Crippen LogP contribution in [0.4, 0.5) is 4.39 Å². The fourth-order valence-electron chi connectivity index (χ4n) is 3.35. The van der Waals surface area contributed by atoms with E-state index in [1.165, 1.54) is 25.3 Å². The highest BCUT2D eigenvalue weighted by Gasteiger charge is 2.30. The summed E-state index contributed by atoms with van der Waals surface area (Å²) < 4.78 is 14.2. The van der Waals surface area contributed by atoms with Gasteiger partial charge in [0.05, 0.1) is 4.47 Å². The number of rotatable bonds is 5. The van der Waals surface area contributed by atoms with Gasteiger partial charge < -0.3 is 5.32 Å². The van der Waals surface area contributed by atoms with Crippen LogP contribution in [0.1, 0.15) is 38.7 Å². The zero-order chi connectivity index (χ0) is 13.8. The van der Waals surface area contributed by atoms with Gasteiger partial charge in [0.25, 0.3) is 0 Å². The third kappa shape index (κ3) is 3.57.